The maximum Gasteiger partial charge on any atom is 0.397 e. The molecule has 11 nitrogen and oxygen atoms in total. The molecular weight excluding hydrogens is 665 g/mol. The summed E-state index contributed by atoms with van der Waals surface area (Å²) < 4.78 is 36.6. The van der Waals surface area contributed by atoms with Crippen molar-refractivity contribution in [2.75, 3.05) is 26.2 Å². The number of aliphatic hydroxyl groups is 1. The van der Waals surface area contributed by atoms with Crippen molar-refractivity contribution in [2.24, 2.45) is 52.1 Å². The molecule has 0 aromatic rings. The van der Waals surface area contributed by atoms with Gasteiger partial charge in [0.05, 0.1) is 6.10 Å². The molecule has 4 fully saturated rings. The highest BCUT2D eigenvalue weighted by Crippen LogP contribution is 2.68. The fraction of sp³-hybridized carbons (Fsp3) is 1.00. The number of fused-ring (bicyclic) bond motifs is 5. The Balaban J connectivity index is 0.00000129. The summed E-state index contributed by atoms with van der Waals surface area (Å²) in [6, 6.07) is 0.688. The van der Waals surface area contributed by atoms with Crippen LogP contribution in [0.2, 0.25) is 0 Å². The van der Waals surface area contributed by atoms with Gasteiger partial charge in [-0.3, -0.25) is 4.55 Å². The molecule has 0 saturated heterocycles. The summed E-state index contributed by atoms with van der Waals surface area (Å²) >= 11 is 0. The van der Waals surface area contributed by atoms with E-state index >= 15 is 0 Å². The van der Waals surface area contributed by atoms with Gasteiger partial charge >= 0.3 is 19.0 Å². The fourth-order valence-electron chi connectivity index (χ4n) is 10.8. The summed E-state index contributed by atoms with van der Waals surface area (Å²) in [4.78, 5) is 21.7. The Morgan fingerprint density at radius 3 is 2.06 bits per heavy atom. The minimum absolute atomic E-state index is 0.339. The van der Waals surface area contributed by atoms with E-state index in [4.69, 9.17) is 29.1 Å². The van der Waals surface area contributed by atoms with Crippen LogP contribution < -0.4 is 16.4 Å². The van der Waals surface area contributed by atoms with E-state index in [1.54, 1.807) is 0 Å². The number of nitrogens with two attached hydrogens (primary N) is 1. The van der Waals surface area contributed by atoms with Crippen molar-refractivity contribution in [3.8, 4) is 0 Å². The molecule has 292 valence electrons. The molecule has 0 aromatic heterocycles. The topological polar surface area (TPSA) is 195 Å². The summed E-state index contributed by atoms with van der Waals surface area (Å²) in [5.74, 6) is 4.38. The lowest BCUT2D eigenvalue weighted by atomic mass is 9.44. The standard InChI is InChI=1S/C34H65N3O5S.C2H6.H3O3P/c1-24(9-14-32(25(2)38)42-43(39,40)41)29-12-13-30-28-11-10-26-23-27(37-22-8-7-21-36-20-6-5-19-35)15-17-33(26,3)31(28)16-18-34(29,30)4;1-2;1-4(2)3/h24-32,36-38H,5-23,35H2,1-4H3,(H,39,40,41);1-2H3;1-3H/t24-,25?,26?,27?,28?,29?,30?,31?,32?,33?,34?;;/m1../s1. The minimum Gasteiger partial charge on any atom is -0.391 e. The lowest BCUT2D eigenvalue weighted by Crippen LogP contribution is -2.55. The zero-order chi connectivity index (χ0) is 36.8. The number of unbranched alkanes of at least 4 members (excludes halogenated alkanes) is 2. The quantitative estimate of drug-likeness (QED) is 0.0502. The molecule has 0 radical (unpaired) electrons. The van der Waals surface area contributed by atoms with Gasteiger partial charge in [-0.05, 0) is 176 Å². The number of rotatable bonds is 17. The van der Waals surface area contributed by atoms with Crippen LogP contribution in [0.15, 0.2) is 0 Å². The van der Waals surface area contributed by atoms with Crippen molar-refractivity contribution in [3.63, 3.8) is 0 Å². The van der Waals surface area contributed by atoms with Gasteiger partial charge in [0.2, 0.25) is 0 Å². The molecule has 0 spiro atoms. The first-order chi connectivity index (χ1) is 23.1. The van der Waals surface area contributed by atoms with Gasteiger partial charge < -0.3 is 36.2 Å². The average molecular weight is 740 g/mol. The summed E-state index contributed by atoms with van der Waals surface area (Å²) in [7, 11) is -7.20. The third-order valence-electron chi connectivity index (χ3n) is 13.1. The molecule has 11 atom stereocenters. The van der Waals surface area contributed by atoms with Gasteiger partial charge in [0.15, 0.2) is 0 Å². The second-order valence-electron chi connectivity index (χ2n) is 15.9. The largest absolute Gasteiger partial charge is 0.397 e. The van der Waals surface area contributed by atoms with Crippen molar-refractivity contribution in [1.82, 2.24) is 10.6 Å². The van der Waals surface area contributed by atoms with Crippen molar-refractivity contribution in [1.29, 1.82) is 0 Å². The molecule has 0 bridgehead atoms. The van der Waals surface area contributed by atoms with Gasteiger partial charge in [-0.15, -0.1) is 0 Å². The minimum atomic E-state index is -4.58. The molecule has 4 saturated carbocycles. The third-order valence-corrected chi connectivity index (χ3v) is 13.6. The highest BCUT2D eigenvalue weighted by Gasteiger charge is 2.60. The second-order valence-corrected chi connectivity index (χ2v) is 17.5. The van der Waals surface area contributed by atoms with Crippen molar-refractivity contribution in [3.05, 3.63) is 0 Å². The lowest BCUT2D eigenvalue weighted by molar-refractivity contribution is -0.118. The summed E-state index contributed by atoms with van der Waals surface area (Å²) in [6.45, 7) is 17.2. The monoisotopic (exact) mass is 739 g/mol. The molecule has 4 aliphatic rings. The summed E-state index contributed by atoms with van der Waals surface area (Å²) in [5, 5.41) is 17.5. The van der Waals surface area contributed by atoms with Crippen molar-refractivity contribution >= 4 is 19.0 Å². The van der Waals surface area contributed by atoms with Crippen LogP contribution >= 0.6 is 8.60 Å². The normalized spacial score (nSPS) is 34.3. The predicted molar refractivity (Wildman–Crippen MR) is 199 cm³/mol. The van der Waals surface area contributed by atoms with E-state index in [9.17, 15) is 13.5 Å². The Morgan fingerprint density at radius 1 is 0.857 bits per heavy atom. The highest BCUT2D eigenvalue weighted by atomic mass is 32.3. The van der Waals surface area contributed by atoms with Crippen LogP contribution in [-0.2, 0) is 14.6 Å². The van der Waals surface area contributed by atoms with E-state index < -0.39 is 31.2 Å². The first-order valence-corrected chi connectivity index (χ1v) is 22.0. The van der Waals surface area contributed by atoms with Crippen molar-refractivity contribution < 1.29 is 36.9 Å². The van der Waals surface area contributed by atoms with Crippen LogP contribution in [0.25, 0.3) is 0 Å². The average Bonchev–Trinajstić information content (AvgIpc) is 3.39. The second kappa shape index (κ2) is 21.7. The molecule has 9 N–H and O–H groups in total. The van der Waals surface area contributed by atoms with Gasteiger partial charge in [0, 0.05) is 6.04 Å². The SMILES string of the molecule is CC.CC(O)C(CC[C@@H](C)C1CCC2C3CCC4CC(NCCCCNCCCCN)CCC4(C)C3CCC21C)OS(=O)(=O)O.OP(O)O. The lowest BCUT2D eigenvalue weighted by Gasteiger charge is -2.61. The van der Waals surface area contributed by atoms with Gasteiger partial charge in [0.1, 0.15) is 6.10 Å². The van der Waals surface area contributed by atoms with Crippen LogP contribution in [0.5, 0.6) is 0 Å². The van der Waals surface area contributed by atoms with Crippen LogP contribution in [-0.4, -0.2) is 77.2 Å². The molecule has 0 amide bonds. The van der Waals surface area contributed by atoms with Gasteiger partial charge in [-0.25, -0.2) is 4.18 Å². The van der Waals surface area contributed by atoms with E-state index in [0.29, 0.717) is 35.1 Å². The van der Waals surface area contributed by atoms with Gasteiger partial charge in [-0.1, -0.05) is 34.6 Å². The molecule has 49 heavy (non-hydrogen) atoms. The molecular formula is C36H74N3O8PS. The Hall–Kier alpha value is 0.0200. The number of hydrogen-bond donors (Lipinski definition) is 8. The predicted octanol–water partition coefficient (Wildman–Crippen LogP) is 5.91. The first kappa shape index (κ1) is 45.2. The van der Waals surface area contributed by atoms with Crippen molar-refractivity contribution in [2.45, 2.75) is 156 Å². The fourth-order valence-corrected chi connectivity index (χ4v) is 11.3. The number of hydrogen-bond acceptors (Lipinski definition) is 10. The van der Waals surface area contributed by atoms with E-state index in [2.05, 4.69) is 31.4 Å². The molecule has 13 heteroatoms. The molecule has 10 unspecified atom stereocenters. The zero-order valence-electron chi connectivity index (χ0n) is 31.5. The van der Waals surface area contributed by atoms with E-state index in [1.165, 1.54) is 84.0 Å². The van der Waals surface area contributed by atoms with E-state index in [-0.39, 0.29) is 0 Å². The zero-order valence-corrected chi connectivity index (χ0v) is 33.2. The van der Waals surface area contributed by atoms with Crippen LogP contribution in [0.4, 0.5) is 0 Å². The molecule has 4 rings (SSSR count). The third kappa shape index (κ3) is 13.4. The van der Waals surface area contributed by atoms with Crippen LogP contribution in [0.3, 0.4) is 0 Å². The Kier molecular flexibility index (Phi) is 20.0. The number of nitrogens with one attached hydrogen (secondary N) is 2. The summed E-state index contributed by atoms with van der Waals surface area (Å²) in [5.41, 5.74) is 6.40. The molecule has 0 aliphatic heterocycles. The Morgan fingerprint density at radius 2 is 1.45 bits per heavy atom. The highest BCUT2D eigenvalue weighted by molar-refractivity contribution is 7.80. The smallest absolute Gasteiger partial charge is 0.391 e. The Bertz CT molecular complexity index is 1020. The molecule has 4 aliphatic carbocycles. The Labute approximate surface area is 300 Å². The van der Waals surface area contributed by atoms with Gasteiger partial charge in [0.25, 0.3) is 0 Å². The van der Waals surface area contributed by atoms with E-state index in [1.807, 2.05) is 13.8 Å². The molecule has 0 heterocycles. The van der Waals surface area contributed by atoms with Crippen LogP contribution in [0, 0.1) is 46.3 Å². The van der Waals surface area contributed by atoms with Crippen LogP contribution in [0.1, 0.15) is 138 Å². The van der Waals surface area contributed by atoms with E-state index in [0.717, 1.165) is 62.7 Å². The van der Waals surface area contributed by atoms with Gasteiger partial charge in [-0.2, -0.15) is 8.42 Å². The maximum absolute atomic E-state index is 11.3. The summed E-state index contributed by atoms with van der Waals surface area (Å²) in [6.07, 6.45) is 16.2. The number of aliphatic hydroxyl groups excluding tert-OH is 1. The maximum atomic E-state index is 11.3. The molecule has 0 aromatic carbocycles. The first-order valence-electron chi connectivity index (χ1n) is 19.5.